The molecule has 1 aromatic rings. The zero-order chi connectivity index (χ0) is 21.1. The van der Waals surface area contributed by atoms with Crippen molar-refractivity contribution >= 4 is 33.6 Å². The molecule has 11 heteroatoms. The van der Waals surface area contributed by atoms with Gasteiger partial charge in [-0.05, 0) is 44.4 Å². The summed E-state index contributed by atoms with van der Waals surface area (Å²) in [6.45, 7) is 6.61. The lowest BCUT2D eigenvalue weighted by atomic mass is 10.2. The Bertz CT molecular complexity index is 712. The predicted molar refractivity (Wildman–Crippen MR) is 118 cm³/mol. The molecule has 29 heavy (non-hydrogen) atoms. The van der Waals surface area contributed by atoms with E-state index in [4.69, 9.17) is 0 Å². The maximum Gasteiger partial charge on any atom is 0.238 e. The first kappa shape index (κ1) is 23.8. The zero-order valence-electron chi connectivity index (χ0n) is 17.2. The van der Waals surface area contributed by atoms with Crippen molar-refractivity contribution in [3.63, 3.8) is 0 Å². The van der Waals surface area contributed by atoms with Gasteiger partial charge in [0, 0.05) is 45.1 Å². The second-order valence-electron chi connectivity index (χ2n) is 6.88. The second kappa shape index (κ2) is 12.3. The third-order valence-corrected chi connectivity index (χ3v) is 6.83. The summed E-state index contributed by atoms with van der Waals surface area (Å²) in [4.78, 5) is 25.5. The van der Waals surface area contributed by atoms with Crippen molar-refractivity contribution in [3.8, 4) is 0 Å². The molecule has 1 unspecified atom stereocenters. The fourth-order valence-electron chi connectivity index (χ4n) is 3.04. The highest BCUT2D eigenvalue weighted by Gasteiger charge is 2.23. The van der Waals surface area contributed by atoms with Crippen LogP contribution in [0.1, 0.15) is 19.8 Å². The highest BCUT2D eigenvalue weighted by Crippen LogP contribution is 2.09. The minimum Gasteiger partial charge on any atom is -0.355 e. The average Bonchev–Trinajstić information content (AvgIpc) is 2.75. The van der Waals surface area contributed by atoms with E-state index >= 15 is 0 Å². The van der Waals surface area contributed by atoms with Gasteiger partial charge in [-0.2, -0.15) is 11.8 Å². The van der Waals surface area contributed by atoms with Gasteiger partial charge in [-0.1, -0.05) is 0 Å². The van der Waals surface area contributed by atoms with Crippen LogP contribution in [0, 0.1) is 0 Å². The van der Waals surface area contributed by atoms with E-state index in [1.807, 2.05) is 12.3 Å². The lowest BCUT2D eigenvalue weighted by Gasteiger charge is -2.34. The van der Waals surface area contributed by atoms with Gasteiger partial charge in [0.1, 0.15) is 6.04 Å². The van der Waals surface area contributed by atoms with Gasteiger partial charge in [0.05, 0.1) is 5.75 Å². The molecular weight excluding hydrogens is 412 g/mol. The van der Waals surface area contributed by atoms with Crippen LogP contribution in [-0.4, -0.2) is 92.3 Å². The number of amides is 1. The van der Waals surface area contributed by atoms with Crippen LogP contribution in [0.5, 0.6) is 0 Å². The van der Waals surface area contributed by atoms with E-state index in [0.717, 1.165) is 50.8 Å². The number of thioether (sulfide) groups is 1. The number of carbonyl (C=O) groups is 1. The average molecular weight is 445 g/mol. The molecule has 0 spiro atoms. The Morgan fingerprint density at radius 3 is 2.55 bits per heavy atom. The summed E-state index contributed by atoms with van der Waals surface area (Å²) in [5.74, 6) is 1.21. The number of carbonyl (C=O) groups excluding carboxylic acids is 1. The second-order valence-corrected chi connectivity index (χ2v) is 9.91. The molecule has 2 rings (SSSR count). The summed E-state index contributed by atoms with van der Waals surface area (Å²) in [5.41, 5.74) is 0. The number of anilines is 1. The van der Waals surface area contributed by atoms with Crippen LogP contribution in [0.2, 0.25) is 0 Å². The molecule has 1 atom stereocenters. The van der Waals surface area contributed by atoms with Crippen molar-refractivity contribution in [1.82, 2.24) is 24.9 Å². The molecule has 1 amide bonds. The zero-order valence-corrected chi connectivity index (χ0v) is 18.8. The number of rotatable bonds is 12. The van der Waals surface area contributed by atoms with Crippen molar-refractivity contribution < 1.29 is 13.2 Å². The van der Waals surface area contributed by atoms with Crippen LogP contribution in [0.25, 0.3) is 0 Å². The topological polar surface area (TPSA) is 108 Å². The molecule has 1 aliphatic heterocycles. The van der Waals surface area contributed by atoms with Crippen LogP contribution in [-0.2, 0) is 14.8 Å². The van der Waals surface area contributed by atoms with Crippen LogP contribution in [0.15, 0.2) is 18.5 Å². The van der Waals surface area contributed by atoms with Gasteiger partial charge in [-0.3, -0.25) is 9.69 Å². The number of hydrogen-bond donors (Lipinski definition) is 2. The number of nitrogens with one attached hydrogen (secondary N) is 2. The lowest BCUT2D eigenvalue weighted by Crippen LogP contribution is -2.49. The molecule has 0 radical (unpaired) electrons. The van der Waals surface area contributed by atoms with Crippen LogP contribution >= 0.6 is 11.8 Å². The van der Waals surface area contributed by atoms with Crippen molar-refractivity contribution in [2.75, 3.05) is 61.9 Å². The van der Waals surface area contributed by atoms with E-state index in [0.29, 0.717) is 13.0 Å². The van der Waals surface area contributed by atoms with Gasteiger partial charge in [0.15, 0.2) is 0 Å². The first-order valence-corrected chi connectivity index (χ1v) is 13.0. The maximum absolute atomic E-state index is 12.4. The molecule has 0 aromatic carbocycles. The fraction of sp³-hybridized carbons (Fsp3) is 0.722. The molecule has 1 saturated heterocycles. The van der Waals surface area contributed by atoms with Crippen LogP contribution in [0.3, 0.4) is 0 Å². The molecule has 1 aromatic heterocycles. The Hall–Kier alpha value is -1.43. The molecule has 1 aliphatic rings. The largest absolute Gasteiger partial charge is 0.355 e. The summed E-state index contributed by atoms with van der Waals surface area (Å²) >= 11 is 1.59. The maximum atomic E-state index is 12.4. The van der Waals surface area contributed by atoms with Crippen molar-refractivity contribution in [2.45, 2.75) is 25.8 Å². The number of piperazine rings is 1. The molecule has 2 N–H and O–H groups in total. The third-order valence-electron chi connectivity index (χ3n) is 4.79. The standard InChI is InChI=1S/C18H32N6O3S2/c1-3-29(26,27)22-16(6-15-28-2)17(25)19-9-5-10-23-11-13-24(14-12-23)18-20-7-4-8-21-18/h4,7-8,16,22H,3,5-6,9-15H2,1-2H3,(H,19,25). The number of sulfonamides is 1. The van der Waals surface area contributed by atoms with E-state index in [1.165, 1.54) is 0 Å². The van der Waals surface area contributed by atoms with E-state index in [9.17, 15) is 13.2 Å². The van der Waals surface area contributed by atoms with Gasteiger partial charge in [-0.25, -0.2) is 23.1 Å². The molecule has 1 fully saturated rings. The van der Waals surface area contributed by atoms with Crippen molar-refractivity contribution in [1.29, 1.82) is 0 Å². The number of nitrogens with zero attached hydrogens (tertiary/aromatic N) is 4. The highest BCUT2D eigenvalue weighted by atomic mass is 32.2. The minimum atomic E-state index is -3.41. The Kier molecular flexibility index (Phi) is 10.1. The smallest absolute Gasteiger partial charge is 0.238 e. The van der Waals surface area contributed by atoms with E-state index in [2.05, 4.69) is 29.8 Å². The fourth-order valence-corrected chi connectivity index (χ4v) is 4.34. The molecular formula is C18H32N6O3S2. The first-order chi connectivity index (χ1) is 13.9. The van der Waals surface area contributed by atoms with Crippen LogP contribution in [0.4, 0.5) is 5.95 Å². The minimum absolute atomic E-state index is 0.0317. The Morgan fingerprint density at radius 1 is 1.24 bits per heavy atom. The molecule has 0 bridgehead atoms. The Morgan fingerprint density at radius 2 is 1.93 bits per heavy atom. The number of aromatic nitrogens is 2. The highest BCUT2D eigenvalue weighted by molar-refractivity contribution is 7.98. The molecule has 9 nitrogen and oxygen atoms in total. The van der Waals surface area contributed by atoms with Crippen molar-refractivity contribution in [3.05, 3.63) is 18.5 Å². The van der Waals surface area contributed by atoms with Gasteiger partial charge >= 0.3 is 0 Å². The molecule has 2 heterocycles. The molecule has 164 valence electrons. The Labute approximate surface area is 178 Å². The quantitative estimate of drug-likeness (QED) is 0.439. The SMILES string of the molecule is CCS(=O)(=O)NC(CCSC)C(=O)NCCCN1CCN(c2ncccn2)CC1. The van der Waals surface area contributed by atoms with Gasteiger partial charge in [0.25, 0.3) is 0 Å². The lowest BCUT2D eigenvalue weighted by molar-refractivity contribution is -0.122. The number of hydrogen-bond acceptors (Lipinski definition) is 8. The van der Waals surface area contributed by atoms with Crippen LogP contribution < -0.4 is 14.9 Å². The first-order valence-electron chi connectivity index (χ1n) is 9.96. The van der Waals surface area contributed by atoms with Crippen molar-refractivity contribution in [2.24, 2.45) is 0 Å². The van der Waals surface area contributed by atoms with E-state index in [-0.39, 0.29) is 11.7 Å². The third kappa shape index (κ3) is 8.45. The molecule has 0 saturated carbocycles. The van der Waals surface area contributed by atoms with E-state index in [1.54, 1.807) is 31.1 Å². The summed E-state index contributed by atoms with van der Waals surface area (Å²) in [5, 5.41) is 2.88. The summed E-state index contributed by atoms with van der Waals surface area (Å²) in [6, 6.07) is 1.11. The Balaban J connectivity index is 1.68. The molecule has 0 aliphatic carbocycles. The van der Waals surface area contributed by atoms with Gasteiger partial charge < -0.3 is 10.2 Å². The normalized spacial score (nSPS) is 16.6. The predicted octanol–water partition coefficient (Wildman–Crippen LogP) is 0.166. The summed E-state index contributed by atoms with van der Waals surface area (Å²) in [6.07, 6.45) is 6.75. The van der Waals surface area contributed by atoms with Gasteiger partial charge in [0.2, 0.25) is 21.9 Å². The summed E-state index contributed by atoms with van der Waals surface area (Å²) in [7, 11) is -3.41. The van der Waals surface area contributed by atoms with Gasteiger partial charge in [-0.15, -0.1) is 0 Å². The van der Waals surface area contributed by atoms with E-state index < -0.39 is 16.1 Å². The monoisotopic (exact) mass is 444 g/mol. The summed E-state index contributed by atoms with van der Waals surface area (Å²) < 4.78 is 26.2.